The van der Waals surface area contributed by atoms with Crippen LogP contribution in [0.5, 0.6) is 0 Å². The fourth-order valence-corrected chi connectivity index (χ4v) is 3.37. The summed E-state index contributed by atoms with van der Waals surface area (Å²) < 4.78 is 0. The lowest BCUT2D eigenvalue weighted by molar-refractivity contribution is 0.179. The lowest BCUT2D eigenvalue weighted by atomic mass is 9.93. The highest BCUT2D eigenvalue weighted by Gasteiger charge is 2.33. The van der Waals surface area contributed by atoms with E-state index in [9.17, 15) is 4.79 Å². The molecule has 0 spiro atoms. The lowest BCUT2D eigenvalue weighted by Crippen LogP contribution is -2.47. The van der Waals surface area contributed by atoms with Gasteiger partial charge in [-0.15, -0.1) is 0 Å². The van der Waals surface area contributed by atoms with E-state index in [1.165, 1.54) is 38.5 Å². The zero-order chi connectivity index (χ0) is 12.3. The normalized spacial score (nSPS) is 33.8. The third kappa shape index (κ3) is 2.93. The van der Waals surface area contributed by atoms with Crippen molar-refractivity contribution in [1.29, 1.82) is 0 Å². The summed E-state index contributed by atoms with van der Waals surface area (Å²) in [6, 6.07) is 0.590. The Kier molecular flexibility index (Phi) is 4.30. The fourth-order valence-electron chi connectivity index (χ4n) is 3.37. The van der Waals surface area contributed by atoms with Crippen LogP contribution in [-0.2, 0) is 0 Å². The average Bonchev–Trinajstić information content (AvgIpc) is 2.71. The molecule has 3 nitrogen and oxygen atoms in total. The maximum atomic E-state index is 12.1. The molecule has 0 aromatic rings. The van der Waals surface area contributed by atoms with Gasteiger partial charge in [-0.3, -0.25) is 0 Å². The Morgan fingerprint density at radius 2 is 1.94 bits per heavy atom. The molecule has 2 amide bonds. The number of carbonyl (C=O) groups is 1. The molecule has 0 aromatic heterocycles. The highest BCUT2D eigenvalue weighted by molar-refractivity contribution is 5.74. The third-order valence-corrected chi connectivity index (χ3v) is 4.70. The van der Waals surface area contributed by atoms with Gasteiger partial charge in [0.15, 0.2) is 0 Å². The monoisotopic (exact) mass is 238 g/mol. The van der Waals surface area contributed by atoms with Crippen LogP contribution in [0.4, 0.5) is 4.79 Å². The van der Waals surface area contributed by atoms with Gasteiger partial charge in [0.05, 0.1) is 0 Å². The molecule has 1 N–H and O–H groups in total. The van der Waals surface area contributed by atoms with E-state index in [0.717, 1.165) is 19.0 Å². The largest absolute Gasteiger partial charge is 0.335 e. The van der Waals surface area contributed by atoms with Crippen LogP contribution in [0, 0.1) is 11.8 Å². The second-order valence-corrected chi connectivity index (χ2v) is 5.71. The summed E-state index contributed by atoms with van der Waals surface area (Å²) in [7, 11) is 0. The number of urea groups is 1. The quantitative estimate of drug-likeness (QED) is 0.788. The SMILES string of the molecule is CCC1CCC(NC(=O)N2CCCCC2)C1C. The van der Waals surface area contributed by atoms with Crippen molar-refractivity contribution in [3.63, 3.8) is 0 Å². The number of hydrogen-bond donors (Lipinski definition) is 1. The standard InChI is InChI=1S/C14H26N2O/c1-3-12-7-8-13(11(12)2)15-14(17)16-9-5-4-6-10-16/h11-13H,3-10H2,1-2H3,(H,15,17). The summed E-state index contributed by atoms with van der Waals surface area (Å²) in [6.07, 6.45) is 7.32. The van der Waals surface area contributed by atoms with E-state index < -0.39 is 0 Å². The Morgan fingerprint density at radius 3 is 2.53 bits per heavy atom. The Hall–Kier alpha value is -0.730. The molecule has 1 saturated heterocycles. The predicted octanol–water partition coefficient (Wildman–Crippen LogP) is 3.01. The van der Waals surface area contributed by atoms with Crippen molar-refractivity contribution < 1.29 is 4.79 Å². The minimum absolute atomic E-state index is 0.179. The first kappa shape index (κ1) is 12.7. The molecule has 3 atom stereocenters. The van der Waals surface area contributed by atoms with Crippen LogP contribution >= 0.6 is 0 Å². The van der Waals surface area contributed by atoms with E-state index in [-0.39, 0.29) is 6.03 Å². The zero-order valence-electron chi connectivity index (χ0n) is 11.2. The molecular weight excluding hydrogens is 212 g/mol. The van der Waals surface area contributed by atoms with E-state index in [1.807, 2.05) is 4.90 Å². The number of piperidine rings is 1. The Balaban J connectivity index is 1.82. The number of carbonyl (C=O) groups excluding carboxylic acids is 1. The van der Waals surface area contributed by atoms with Crippen molar-refractivity contribution in [3.05, 3.63) is 0 Å². The number of likely N-dealkylation sites (tertiary alicyclic amines) is 1. The minimum atomic E-state index is 0.179. The Labute approximate surface area is 105 Å². The van der Waals surface area contributed by atoms with Gasteiger partial charge in [0.1, 0.15) is 0 Å². The van der Waals surface area contributed by atoms with Crippen molar-refractivity contribution in [2.75, 3.05) is 13.1 Å². The first-order valence-corrected chi connectivity index (χ1v) is 7.27. The van der Waals surface area contributed by atoms with Crippen molar-refractivity contribution >= 4 is 6.03 Å². The molecular formula is C14H26N2O. The van der Waals surface area contributed by atoms with Gasteiger partial charge in [0.25, 0.3) is 0 Å². The number of rotatable bonds is 2. The average molecular weight is 238 g/mol. The van der Waals surface area contributed by atoms with Gasteiger partial charge in [0.2, 0.25) is 0 Å². The van der Waals surface area contributed by atoms with Gasteiger partial charge in [-0.2, -0.15) is 0 Å². The second-order valence-electron chi connectivity index (χ2n) is 5.71. The maximum absolute atomic E-state index is 12.1. The fraction of sp³-hybridized carbons (Fsp3) is 0.929. The van der Waals surface area contributed by atoms with Gasteiger partial charge in [-0.05, 0) is 43.9 Å². The van der Waals surface area contributed by atoms with Gasteiger partial charge < -0.3 is 10.2 Å². The minimum Gasteiger partial charge on any atom is -0.335 e. The van der Waals surface area contributed by atoms with E-state index in [4.69, 9.17) is 0 Å². The summed E-state index contributed by atoms with van der Waals surface area (Å²) in [6.45, 7) is 6.45. The molecule has 2 fully saturated rings. The van der Waals surface area contributed by atoms with Crippen LogP contribution < -0.4 is 5.32 Å². The molecule has 1 heterocycles. The van der Waals surface area contributed by atoms with Crippen LogP contribution in [0.1, 0.15) is 52.4 Å². The zero-order valence-corrected chi connectivity index (χ0v) is 11.2. The molecule has 98 valence electrons. The molecule has 2 aliphatic rings. The second kappa shape index (κ2) is 5.74. The van der Waals surface area contributed by atoms with Crippen LogP contribution in [-0.4, -0.2) is 30.1 Å². The van der Waals surface area contributed by atoms with Gasteiger partial charge in [-0.1, -0.05) is 20.3 Å². The smallest absolute Gasteiger partial charge is 0.317 e. The molecule has 1 saturated carbocycles. The van der Waals surface area contributed by atoms with Gasteiger partial charge in [-0.25, -0.2) is 4.79 Å². The van der Waals surface area contributed by atoms with E-state index in [0.29, 0.717) is 12.0 Å². The van der Waals surface area contributed by atoms with Crippen LogP contribution in [0.3, 0.4) is 0 Å². The molecule has 3 heteroatoms. The summed E-state index contributed by atoms with van der Waals surface area (Å²) >= 11 is 0. The van der Waals surface area contributed by atoms with Crippen LogP contribution in [0.15, 0.2) is 0 Å². The van der Waals surface area contributed by atoms with E-state index in [2.05, 4.69) is 19.2 Å². The number of nitrogens with zero attached hydrogens (tertiary/aromatic N) is 1. The molecule has 17 heavy (non-hydrogen) atoms. The molecule has 0 bridgehead atoms. The Bertz CT molecular complexity index is 261. The van der Waals surface area contributed by atoms with Gasteiger partial charge >= 0.3 is 6.03 Å². The van der Waals surface area contributed by atoms with Crippen molar-refractivity contribution in [2.24, 2.45) is 11.8 Å². The molecule has 2 rings (SSSR count). The number of nitrogens with one attached hydrogen (secondary N) is 1. The molecule has 1 aliphatic heterocycles. The highest BCUT2D eigenvalue weighted by atomic mass is 16.2. The van der Waals surface area contributed by atoms with Crippen molar-refractivity contribution in [3.8, 4) is 0 Å². The molecule has 0 radical (unpaired) electrons. The number of hydrogen-bond acceptors (Lipinski definition) is 1. The summed E-state index contributed by atoms with van der Waals surface area (Å²) in [5.74, 6) is 1.45. The van der Waals surface area contributed by atoms with Crippen LogP contribution in [0.25, 0.3) is 0 Å². The third-order valence-electron chi connectivity index (χ3n) is 4.70. The summed E-state index contributed by atoms with van der Waals surface area (Å²) in [4.78, 5) is 14.1. The topological polar surface area (TPSA) is 32.3 Å². The first-order chi connectivity index (χ1) is 8.22. The predicted molar refractivity (Wildman–Crippen MR) is 69.9 cm³/mol. The van der Waals surface area contributed by atoms with Crippen molar-refractivity contribution in [2.45, 2.75) is 58.4 Å². The van der Waals surface area contributed by atoms with Crippen LogP contribution in [0.2, 0.25) is 0 Å². The maximum Gasteiger partial charge on any atom is 0.317 e. The van der Waals surface area contributed by atoms with Crippen molar-refractivity contribution in [1.82, 2.24) is 10.2 Å². The summed E-state index contributed by atoms with van der Waals surface area (Å²) in [5.41, 5.74) is 0. The number of amides is 2. The lowest BCUT2D eigenvalue weighted by Gasteiger charge is -2.29. The molecule has 0 aromatic carbocycles. The van der Waals surface area contributed by atoms with E-state index >= 15 is 0 Å². The molecule has 3 unspecified atom stereocenters. The highest BCUT2D eigenvalue weighted by Crippen LogP contribution is 2.33. The first-order valence-electron chi connectivity index (χ1n) is 7.27. The van der Waals surface area contributed by atoms with E-state index in [1.54, 1.807) is 0 Å². The summed E-state index contributed by atoms with van der Waals surface area (Å²) in [5, 5.41) is 3.25. The Morgan fingerprint density at radius 1 is 1.24 bits per heavy atom. The molecule has 1 aliphatic carbocycles. The van der Waals surface area contributed by atoms with Gasteiger partial charge in [0, 0.05) is 19.1 Å².